The summed E-state index contributed by atoms with van der Waals surface area (Å²) in [5.74, 6) is -3.98. The average Bonchev–Trinajstić information content (AvgIpc) is 2.58. The van der Waals surface area contributed by atoms with Crippen LogP contribution in [-0.4, -0.2) is 24.6 Å². The minimum Gasteiger partial charge on any atom is -0.449 e. The maximum Gasteiger partial charge on any atom is 0.387 e. The highest BCUT2D eigenvalue weighted by atomic mass is 19.3. The van der Waals surface area contributed by atoms with E-state index in [1.165, 1.54) is 19.1 Å². The van der Waals surface area contributed by atoms with E-state index >= 15 is 0 Å². The van der Waals surface area contributed by atoms with Crippen LogP contribution in [0.1, 0.15) is 17.3 Å². The van der Waals surface area contributed by atoms with Crippen molar-refractivity contribution in [2.24, 2.45) is 0 Å². The van der Waals surface area contributed by atoms with Crippen LogP contribution in [0, 0.1) is 11.6 Å². The summed E-state index contributed by atoms with van der Waals surface area (Å²) in [4.78, 5) is 23.9. The molecular weight excluding hydrogens is 358 g/mol. The fourth-order valence-electron chi connectivity index (χ4n) is 1.87. The first kappa shape index (κ1) is 19.2. The molecule has 0 aliphatic carbocycles. The number of alkyl halides is 2. The molecule has 9 heteroatoms. The third-order valence-corrected chi connectivity index (χ3v) is 3.16. The van der Waals surface area contributed by atoms with Gasteiger partial charge in [0, 0.05) is 11.8 Å². The molecule has 0 bridgehead atoms. The molecule has 0 fully saturated rings. The number of rotatable bonds is 6. The summed E-state index contributed by atoms with van der Waals surface area (Å²) in [7, 11) is 0. The first-order valence-corrected chi connectivity index (χ1v) is 7.28. The first-order chi connectivity index (χ1) is 12.3. The van der Waals surface area contributed by atoms with E-state index in [-0.39, 0.29) is 17.0 Å². The van der Waals surface area contributed by atoms with Gasteiger partial charge in [-0.3, -0.25) is 4.79 Å². The van der Waals surface area contributed by atoms with Crippen molar-refractivity contribution >= 4 is 17.6 Å². The summed E-state index contributed by atoms with van der Waals surface area (Å²) in [5, 5.41) is 2.27. The van der Waals surface area contributed by atoms with Gasteiger partial charge in [-0.2, -0.15) is 8.78 Å². The molecule has 26 heavy (non-hydrogen) atoms. The van der Waals surface area contributed by atoms with Crippen molar-refractivity contribution in [3.05, 3.63) is 59.7 Å². The number of carbonyl (C=O) groups excluding carboxylic acids is 2. The number of ether oxygens (including phenoxy) is 2. The largest absolute Gasteiger partial charge is 0.449 e. The summed E-state index contributed by atoms with van der Waals surface area (Å²) in [6.07, 6.45) is -1.24. The standard InChI is InChI=1S/C17H13F4NO4/c1-9(15(23)22-11-4-7-13(18)14(19)8-11)25-16(24)10-2-5-12(6-3-10)26-17(20)21/h2-9,17H,1H3,(H,22,23)/t9-/m0/s1. The molecule has 1 amide bonds. The van der Waals surface area contributed by atoms with E-state index in [9.17, 15) is 27.2 Å². The Hall–Kier alpha value is -3.10. The zero-order valence-corrected chi connectivity index (χ0v) is 13.3. The average molecular weight is 371 g/mol. The van der Waals surface area contributed by atoms with Crippen LogP contribution in [-0.2, 0) is 9.53 Å². The smallest absolute Gasteiger partial charge is 0.387 e. The van der Waals surface area contributed by atoms with Crippen molar-refractivity contribution in [1.29, 1.82) is 0 Å². The number of hydrogen-bond acceptors (Lipinski definition) is 4. The Morgan fingerprint density at radius 2 is 1.65 bits per heavy atom. The third kappa shape index (κ3) is 5.20. The zero-order valence-electron chi connectivity index (χ0n) is 13.3. The van der Waals surface area contributed by atoms with Gasteiger partial charge in [-0.1, -0.05) is 0 Å². The van der Waals surface area contributed by atoms with Crippen molar-refractivity contribution < 1.29 is 36.6 Å². The summed E-state index contributed by atoms with van der Waals surface area (Å²) >= 11 is 0. The number of benzene rings is 2. The van der Waals surface area contributed by atoms with Gasteiger partial charge in [0.2, 0.25) is 0 Å². The number of amides is 1. The second-order valence-electron chi connectivity index (χ2n) is 5.07. The minimum absolute atomic E-state index is 0.00898. The summed E-state index contributed by atoms with van der Waals surface area (Å²) in [6.45, 7) is -1.71. The second-order valence-corrected chi connectivity index (χ2v) is 5.07. The van der Waals surface area contributed by atoms with Crippen LogP contribution >= 0.6 is 0 Å². The van der Waals surface area contributed by atoms with Gasteiger partial charge in [-0.25, -0.2) is 13.6 Å². The summed E-state index contributed by atoms with van der Waals surface area (Å²) < 4.78 is 59.2. The van der Waals surface area contributed by atoms with Crippen LogP contribution in [0.15, 0.2) is 42.5 Å². The molecule has 2 rings (SSSR count). The van der Waals surface area contributed by atoms with Gasteiger partial charge in [0.25, 0.3) is 5.91 Å². The monoisotopic (exact) mass is 371 g/mol. The van der Waals surface area contributed by atoms with Crippen molar-refractivity contribution in [3.8, 4) is 5.75 Å². The van der Waals surface area contributed by atoms with Gasteiger partial charge in [0.15, 0.2) is 17.7 Å². The second kappa shape index (κ2) is 8.32. The molecule has 0 heterocycles. The van der Waals surface area contributed by atoms with E-state index in [0.29, 0.717) is 0 Å². The fraction of sp³-hybridized carbons (Fsp3) is 0.176. The molecule has 0 aromatic heterocycles. The molecule has 0 saturated carbocycles. The SMILES string of the molecule is C[C@H](OC(=O)c1ccc(OC(F)F)cc1)C(=O)Nc1ccc(F)c(F)c1. The van der Waals surface area contributed by atoms with Crippen LogP contribution in [0.2, 0.25) is 0 Å². The van der Waals surface area contributed by atoms with Gasteiger partial charge in [0.1, 0.15) is 5.75 Å². The Morgan fingerprint density at radius 1 is 1.00 bits per heavy atom. The molecule has 138 valence electrons. The molecule has 0 unspecified atom stereocenters. The Bertz CT molecular complexity index is 796. The molecule has 0 radical (unpaired) electrons. The van der Waals surface area contributed by atoms with Crippen LogP contribution in [0.3, 0.4) is 0 Å². The Kier molecular flexibility index (Phi) is 6.16. The van der Waals surface area contributed by atoms with Crippen LogP contribution in [0.4, 0.5) is 23.2 Å². The molecule has 1 N–H and O–H groups in total. The van der Waals surface area contributed by atoms with Gasteiger partial charge in [-0.05, 0) is 43.3 Å². The highest BCUT2D eigenvalue weighted by Gasteiger charge is 2.19. The fourth-order valence-corrected chi connectivity index (χ4v) is 1.87. The lowest BCUT2D eigenvalue weighted by atomic mass is 10.2. The molecule has 5 nitrogen and oxygen atoms in total. The van der Waals surface area contributed by atoms with Crippen LogP contribution < -0.4 is 10.1 Å². The van der Waals surface area contributed by atoms with E-state index in [2.05, 4.69) is 10.1 Å². The molecule has 1 atom stereocenters. The Balaban J connectivity index is 1.94. The zero-order chi connectivity index (χ0) is 19.3. The molecular formula is C17H13F4NO4. The van der Waals surface area contributed by atoms with E-state index in [4.69, 9.17) is 4.74 Å². The maximum absolute atomic E-state index is 13.1. The predicted octanol–water partition coefficient (Wildman–Crippen LogP) is 3.75. The Labute approximate surface area is 145 Å². The highest BCUT2D eigenvalue weighted by Crippen LogP contribution is 2.17. The molecule has 0 aliphatic heterocycles. The highest BCUT2D eigenvalue weighted by molar-refractivity contribution is 5.97. The molecule has 2 aromatic rings. The lowest BCUT2D eigenvalue weighted by Crippen LogP contribution is -2.30. The number of hydrogen-bond donors (Lipinski definition) is 1. The normalized spacial score (nSPS) is 11.8. The Morgan fingerprint density at radius 3 is 2.23 bits per heavy atom. The third-order valence-electron chi connectivity index (χ3n) is 3.16. The quantitative estimate of drug-likeness (QED) is 0.621. The van der Waals surface area contributed by atoms with Gasteiger partial charge in [0.05, 0.1) is 5.56 Å². The van der Waals surface area contributed by atoms with E-state index in [0.717, 1.165) is 30.3 Å². The van der Waals surface area contributed by atoms with Crippen molar-refractivity contribution in [3.63, 3.8) is 0 Å². The summed E-state index contributed by atoms with van der Waals surface area (Å²) in [5.41, 5.74) is 0.00407. The lowest BCUT2D eigenvalue weighted by molar-refractivity contribution is -0.123. The molecule has 2 aromatic carbocycles. The van der Waals surface area contributed by atoms with Crippen molar-refractivity contribution in [2.45, 2.75) is 19.6 Å². The number of carbonyl (C=O) groups is 2. The predicted molar refractivity (Wildman–Crippen MR) is 82.9 cm³/mol. The number of halogens is 4. The molecule has 0 aliphatic rings. The topological polar surface area (TPSA) is 64.6 Å². The minimum atomic E-state index is -2.99. The first-order valence-electron chi connectivity index (χ1n) is 7.28. The lowest BCUT2D eigenvalue weighted by Gasteiger charge is -2.14. The van der Waals surface area contributed by atoms with Crippen molar-refractivity contribution in [1.82, 2.24) is 0 Å². The molecule has 0 spiro atoms. The summed E-state index contributed by atoms with van der Waals surface area (Å²) in [6, 6.07) is 7.45. The van der Waals surface area contributed by atoms with E-state index in [1.54, 1.807) is 0 Å². The van der Waals surface area contributed by atoms with Crippen molar-refractivity contribution in [2.75, 3.05) is 5.32 Å². The van der Waals surface area contributed by atoms with Gasteiger partial charge in [-0.15, -0.1) is 0 Å². The van der Waals surface area contributed by atoms with Crippen LogP contribution in [0.25, 0.3) is 0 Å². The number of anilines is 1. The molecule has 0 saturated heterocycles. The maximum atomic E-state index is 13.1. The van der Waals surface area contributed by atoms with E-state index in [1.807, 2.05) is 0 Å². The number of esters is 1. The van der Waals surface area contributed by atoms with E-state index < -0.39 is 36.2 Å². The van der Waals surface area contributed by atoms with Gasteiger partial charge < -0.3 is 14.8 Å². The number of nitrogens with one attached hydrogen (secondary N) is 1. The van der Waals surface area contributed by atoms with Gasteiger partial charge >= 0.3 is 12.6 Å². The van der Waals surface area contributed by atoms with Crippen LogP contribution in [0.5, 0.6) is 5.75 Å².